The van der Waals surface area contributed by atoms with Crippen LogP contribution < -0.4 is 10.6 Å². The van der Waals surface area contributed by atoms with Crippen LogP contribution >= 0.6 is 0 Å². The zero-order valence-electron chi connectivity index (χ0n) is 9.14. The summed E-state index contributed by atoms with van der Waals surface area (Å²) in [6.07, 6.45) is 1.46. The van der Waals surface area contributed by atoms with Gasteiger partial charge in [0.1, 0.15) is 12.2 Å². The minimum atomic E-state index is -0.603. The molecule has 0 fully saturated rings. The number of hydrogen-bond acceptors (Lipinski definition) is 5. The van der Waals surface area contributed by atoms with Gasteiger partial charge in [0, 0.05) is 18.9 Å². The largest absolute Gasteiger partial charge is 0.468 e. The molecular weight excluding hydrogens is 210 g/mol. The topological polar surface area (TPSA) is 85.5 Å². The first-order valence-corrected chi connectivity index (χ1v) is 4.58. The number of likely N-dealkylation sites (N-methyl/N-ethyl adjacent to an activating group) is 1. The zero-order valence-corrected chi connectivity index (χ0v) is 9.14. The summed E-state index contributed by atoms with van der Waals surface area (Å²) in [7, 11) is 3.02. The molecule has 0 radical (unpaired) electrons. The van der Waals surface area contributed by atoms with Gasteiger partial charge in [-0.05, 0) is 12.1 Å². The van der Waals surface area contributed by atoms with E-state index in [1.165, 1.54) is 19.4 Å². The maximum absolute atomic E-state index is 11.0. The van der Waals surface area contributed by atoms with Gasteiger partial charge in [-0.15, -0.1) is 0 Å². The highest BCUT2D eigenvalue weighted by Crippen LogP contribution is 2.12. The van der Waals surface area contributed by atoms with Crippen LogP contribution in [-0.4, -0.2) is 37.6 Å². The Morgan fingerprint density at radius 3 is 2.81 bits per heavy atom. The van der Waals surface area contributed by atoms with Gasteiger partial charge in [-0.2, -0.15) is 0 Å². The first-order valence-electron chi connectivity index (χ1n) is 4.58. The standard InChI is InChI=1S/C10H13N3O3/c1-13(6-9(14)16-2)7-3-4-12-8(5-7)10(11)15/h3-5H,6H2,1-2H3,(H2,11,15). The summed E-state index contributed by atoms with van der Waals surface area (Å²) in [6.45, 7) is 0.0959. The summed E-state index contributed by atoms with van der Waals surface area (Å²) in [5, 5.41) is 0. The number of hydrogen-bond donors (Lipinski definition) is 1. The third kappa shape index (κ3) is 2.94. The lowest BCUT2D eigenvalue weighted by Gasteiger charge is -2.17. The molecule has 0 aliphatic carbocycles. The molecule has 6 heteroatoms. The molecule has 0 spiro atoms. The Labute approximate surface area is 93.0 Å². The number of nitrogens with zero attached hydrogens (tertiary/aromatic N) is 2. The Bertz CT molecular complexity index is 406. The third-order valence-corrected chi connectivity index (χ3v) is 2.03. The van der Waals surface area contributed by atoms with Crippen LogP contribution in [0.5, 0.6) is 0 Å². The molecule has 0 unspecified atom stereocenters. The van der Waals surface area contributed by atoms with Crippen LogP contribution in [0.1, 0.15) is 10.5 Å². The number of methoxy groups -OCH3 is 1. The molecule has 86 valence electrons. The molecule has 0 aliphatic rings. The fraction of sp³-hybridized carbons (Fsp3) is 0.300. The summed E-state index contributed by atoms with van der Waals surface area (Å²) < 4.78 is 4.53. The highest BCUT2D eigenvalue weighted by Gasteiger charge is 2.09. The van der Waals surface area contributed by atoms with E-state index < -0.39 is 5.91 Å². The quantitative estimate of drug-likeness (QED) is 0.714. The third-order valence-electron chi connectivity index (χ3n) is 2.03. The van der Waals surface area contributed by atoms with Crippen molar-refractivity contribution >= 4 is 17.6 Å². The van der Waals surface area contributed by atoms with E-state index in [0.29, 0.717) is 5.69 Å². The van der Waals surface area contributed by atoms with Crippen molar-refractivity contribution in [3.8, 4) is 0 Å². The van der Waals surface area contributed by atoms with Crippen molar-refractivity contribution in [3.63, 3.8) is 0 Å². The molecule has 0 bridgehead atoms. The van der Waals surface area contributed by atoms with Crippen LogP contribution in [0.4, 0.5) is 5.69 Å². The number of nitrogens with two attached hydrogens (primary N) is 1. The first-order chi connectivity index (χ1) is 7.54. The van der Waals surface area contributed by atoms with Gasteiger partial charge in [0.25, 0.3) is 5.91 Å². The highest BCUT2D eigenvalue weighted by molar-refractivity contribution is 5.91. The van der Waals surface area contributed by atoms with E-state index in [0.717, 1.165) is 0 Å². The minimum Gasteiger partial charge on any atom is -0.468 e. The number of carbonyl (C=O) groups is 2. The number of anilines is 1. The molecule has 0 aliphatic heterocycles. The van der Waals surface area contributed by atoms with Gasteiger partial charge >= 0.3 is 5.97 Å². The number of pyridine rings is 1. The van der Waals surface area contributed by atoms with Crippen molar-refractivity contribution in [2.24, 2.45) is 5.73 Å². The minimum absolute atomic E-state index is 0.0959. The van der Waals surface area contributed by atoms with Crippen molar-refractivity contribution in [3.05, 3.63) is 24.0 Å². The van der Waals surface area contributed by atoms with E-state index in [2.05, 4.69) is 9.72 Å². The van der Waals surface area contributed by atoms with Crippen LogP contribution in [0, 0.1) is 0 Å². The van der Waals surface area contributed by atoms with Gasteiger partial charge < -0.3 is 15.4 Å². The molecule has 1 heterocycles. The van der Waals surface area contributed by atoms with E-state index in [9.17, 15) is 9.59 Å². The van der Waals surface area contributed by atoms with E-state index in [-0.39, 0.29) is 18.2 Å². The molecule has 1 aromatic rings. The molecule has 2 N–H and O–H groups in total. The Kier molecular flexibility index (Phi) is 3.82. The molecule has 1 rings (SSSR count). The van der Waals surface area contributed by atoms with Gasteiger partial charge in [0.05, 0.1) is 7.11 Å². The molecule has 0 saturated heterocycles. The molecule has 1 aromatic heterocycles. The zero-order chi connectivity index (χ0) is 12.1. The summed E-state index contributed by atoms with van der Waals surface area (Å²) in [4.78, 5) is 27.4. The number of carbonyl (C=O) groups excluding carboxylic acids is 2. The van der Waals surface area contributed by atoms with Gasteiger partial charge in [-0.3, -0.25) is 14.6 Å². The second-order valence-corrected chi connectivity index (χ2v) is 3.20. The highest BCUT2D eigenvalue weighted by atomic mass is 16.5. The molecule has 0 aromatic carbocycles. The summed E-state index contributed by atoms with van der Waals surface area (Å²) in [6, 6.07) is 3.20. The van der Waals surface area contributed by atoms with Crippen LogP contribution in [0.2, 0.25) is 0 Å². The van der Waals surface area contributed by atoms with E-state index in [1.807, 2.05) is 0 Å². The van der Waals surface area contributed by atoms with E-state index in [1.54, 1.807) is 18.0 Å². The fourth-order valence-corrected chi connectivity index (χ4v) is 1.14. The second kappa shape index (κ2) is 5.11. The molecule has 0 atom stereocenters. The van der Waals surface area contributed by atoms with Crippen LogP contribution in [0.15, 0.2) is 18.3 Å². The van der Waals surface area contributed by atoms with E-state index in [4.69, 9.17) is 5.73 Å². The molecule has 6 nitrogen and oxygen atoms in total. The second-order valence-electron chi connectivity index (χ2n) is 3.20. The lowest BCUT2D eigenvalue weighted by molar-refractivity contribution is -0.138. The lowest BCUT2D eigenvalue weighted by Crippen LogP contribution is -2.26. The van der Waals surface area contributed by atoms with Gasteiger partial charge in [0.15, 0.2) is 0 Å². The summed E-state index contributed by atoms with van der Waals surface area (Å²) >= 11 is 0. The SMILES string of the molecule is COC(=O)CN(C)c1ccnc(C(N)=O)c1. The van der Waals surface area contributed by atoms with Gasteiger partial charge in [-0.1, -0.05) is 0 Å². The van der Waals surface area contributed by atoms with Crippen molar-refractivity contribution in [2.75, 3.05) is 25.6 Å². The monoisotopic (exact) mass is 223 g/mol. The normalized spacial score (nSPS) is 9.62. The Hall–Kier alpha value is -2.11. The summed E-state index contributed by atoms with van der Waals surface area (Å²) in [5.74, 6) is -0.965. The predicted octanol–water partition coefficient (Wildman–Crippen LogP) is -0.210. The van der Waals surface area contributed by atoms with Crippen LogP contribution in [-0.2, 0) is 9.53 Å². The van der Waals surface area contributed by atoms with Crippen molar-refractivity contribution in [1.82, 2.24) is 4.98 Å². The maximum atomic E-state index is 11.0. The Morgan fingerprint density at radius 2 is 2.25 bits per heavy atom. The smallest absolute Gasteiger partial charge is 0.325 e. The summed E-state index contributed by atoms with van der Waals surface area (Å²) in [5.41, 5.74) is 5.94. The number of rotatable bonds is 4. The van der Waals surface area contributed by atoms with Crippen molar-refractivity contribution in [1.29, 1.82) is 0 Å². The first kappa shape index (κ1) is 12.0. The molecule has 0 saturated carbocycles. The van der Waals surface area contributed by atoms with E-state index >= 15 is 0 Å². The lowest BCUT2D eigenvalue weighted by atomic mass is 10.3. The van der Waals surface area contributed by atoms with Crippen LogP contribution in [0.3, 0.4) is 0 Å². The van der Waals surface area contributed by atoms with Gasteiger partial charge in [-0.25, -0.2) is 0 Å². The Morgan fingerprint density at radius 1 is 1.56 bits per heavy atom. The predicted molar refractivity (Wildman–Crippen MR) is 58.0 cm³/mol. The average Bonchev–Trinajstić information content (AvgIpc) is 2.28. The van der Waals surface area contributed by atoms with Crippen molar-refractivity contribution < 1.29 is 14.3 Å². The molecule has 1 amide bonds. The van der Waals surface area contributed by atoms with Gasteiger partial charge in [0.2, 0.25) is 0 Å². The van der Waals surface area contributed by atoms with Crippen LogP contribution in [0.25, 0.3) is 0 Å². The number of primary amides is 1. The molecule has 16 heavy (non-hydrogen) atoms. The molecular formula is C10H13N3O3. The number of esters is 1. The number of amides is 1. The maximum Gasteiger partial charge on any atom is 0.325 e. The number of aromatic nitrogens is 1. The fourth-order valence-electron chi connectivity index (χ4n) is 1.14. The van der Waals surface area contributed by atoms with Crippen molar-refractivity contribution in [2.45, 2.75) is 0 Å². The Balaban J connectivity index is 2.83. The number of ether oxygens (including phenoxy) is 1. The average molecular weight is 223 g/mol.